The van der Waals surface area contributed by atoms with Crippen LogP contribution in [0.5, 0.6) is 0 Å². The van der Waals surface area contributed by atoms with Crippen LogP contribution in [0.2, 0.25) is 0 Å². The van der Waals surface area contributed by atoms with Gasteiger partial charge in [-0.1, -0.05) is 19.3 Å². The lowest BCUT2D eigenvalue weighted by molar-refractivity contribution is -0.116. The van der Waals surface area contributed by atoms with Gasteiger partial charge < -0.3 is 14.6 Å². The van der Waals surface area contributed by atoms with Crippen LogP contribution in [0.4, 0.5) is 5.69 Å². The van der Waals surface area contributed by atoms with Crippen LogP contribution in [-0.2, 0) is 9.53 Å². The van der Waals surface area contributed by atoms with Crippen molar-refractivity contribution >= 4 is 22.6 Å². The highest BCUT2D eigenvalue weighted by Crippen LogP contribution is 2.33. The summed E-state index contributed by atoms with van der Waals surface area (Å²) in [5, 5.41) is 3.04. The Bertz CT molecular complexity index is 789. The average Bonchev–Trinajstić information content (AvgIpc) is 3.03. The predicted molar refractivity (Wildman–Crippen MR) is 107 cm³/mol. The van der Waals surface area contributed by atoms with Crippen molar-refractivity contribution in [3.63, 3.8) is 0 Å². The Labute approximate surface area is 160 Å². The molecule has 1 N–H and O–H groups in total. The van der Waals surface area contributed by atoms with Crippen molar-refractivity contribution in [2.45, 2.75) is 51.5 Å². The molecule has 1 aromatic heterocycles. The van der Waals surface area contributed by atoms with Gasteiger partial charge >= 0.3 is 0 Å². The Balaban J connectivity index is 1.41. The number of imidazole rings is 1. The number of amides is 1. The number of nitrogens with one attached hydrogen (secondary N) is 1. The third-order valence-corrected chi connectivity index (χ3v) is 5.85. The maximum Gasteiger partial charge on any atom is 0.225 e. The van der Waals surface area contributed by atoms with Crippen LogP contribution in [0, 0.1) is 6.92 Å². The van der Waals surface area contributed by atoms with Crippen molar-refractivity contribution in [2.24, 2.45) is 0 Å². The maximum atomic E-state index is 12.3. The highest BCUT2D eigenvalue weighted by molar-refractivity contribution is 5.93. The minimum Gasteiger partial charge on any atom is -0.379 e. The predicted octanol–water partition coefficient (Wildman–Crippen LogP) is 3.51. The van der Waals surface area contributed by atoms with Gasteiger partial charge in [0.1, 0.15) is 5.82 Å². The number of carbonyl (C=O) groups excluding carboxylic acids is 1. The third kappa shape index (κ3) is 4.33. The molecule has 1 aromatic carbocycles. The van der Waals surface area contributed by atoms with E-state index < -0.39 is 0 Å². The van der Waals surface area contributed by atoms with Gasteiger partial charge in [-0.3, -0.25) is 9.69 Å². The molecule has 0 bridgehead atoms. The zero-order valence-corrected chi connectivity index (χ0v) is 16.2. The number of carbonyl (C=O) groups is 1. The Kier molecular flexibility index (Phi) is 5.74. The second kappa shape index (κ2) is 8.40. The summed E-state index contributed by atoms with van der Waals surface area (Å²) in [6.45, 7) is 6.23. The molecule has 2 aromatic rings. The molecule has 2 aliphatic rings. The van der Waals surface area contributed by atoms with Gasteiger partial charge in [-0.15, -0.1) is 0 Å². The van der Waals surface area contributed by atoms with Crippen LogP contribution in [0.25, 0.3) is 11.0 Å². The van der Waals surface area contributed by atoms with E-state index in [-0.39, 0.29) is 5.91 Å². The first-order valence-electron chi connectivity index (χ1n) is 10.3. The fourth-order valence-corrected chi connectivity index (χ4v) is 4.41. The lowest BCUT2D eigenvalue weighted by Gasteiger charge is -2.26. The highest BCUT2D eigenvalue weighted by Gasteiger charge is 2.20. The molecule has 0 atom stereocenters. The number of anilines is 1. The molecule has 0 spiro atoms. The minimum atomic E-state index is 0.0595. The van der Waals surface area contributed by atoms with Crippen molar-refractivity contribution in [3.8, 4) is 0 Å². The fraction of sp³-hybridized carbons (Fsp3) is 0.619. The van der Waals surface area contributed by atoms with Gasteiger partial charge in [0.15, 0.2) is 0 Å². The maximum absolute atomic E-state index is 12.3. The van der Waals surface area contributed by atoms with Crippen molar-refractivity contribution < 1.29 is 9.53 Å². The normalized spacial score (nSPS) is 19.4. The second-order valence-electron chi connectivity index (χ2n) is 7.78. The Morgan fingerprint density at radius 1 is 1.22 bits per heavy atom. The Hall–Kier alpha value is -1.92. The number of hydrogen-bond acceptors (Lipinski definition) is 4. The van der Waals surface area contributed by atoms with Crippen molar-refractivity contribution in [1.82, 2.24) is 14.5 Å². The molecule has 6 nitrogen and oxygen atoms in total. The van der Waals surface area contributed by atoms with Gasteiger partial charge in [0.05, 0.1) is 24.2 Å². The van der Waals surface area contributed by atoms with E-state index in [1.165, 1.54) is 37.6 Å². The summed E-state index contributed by atoms with van der Waals surface area (Å²) in [4.78, 5) is 19.4. The lowest BCUT2D eigenvalue weighted by atomic mass is 9.95. The van der Waals surface area contributed by atoms with Gasteiger partial charge in [-0.05, 0) is 38.0 Å². The highest BCUT2D eigenvalue weighted by atomic mass is 16.5. The molecule has 1 saturated carbocycles. The molecule has 1 saturated heterocycles. The summed E-state index contributed by atoms with van der Waals surface area (Å²) in [6.07, 6.45) is 6.96. The van der Waals surface area contributed by atoms with E-state index in [1.54, 1.807) is 0 Å². The van der Waals surface area contributed by atoms with Crippen molar-refractivity contribution in [3.05, 3.63) is 24.0 Å². The van der Waals surface area contributed by atoms with E-state index in [9.17, 15) is 4.79 Å². The van der Waals surface area contributed by atoms with Crippen LogP contribution in [0.1, 0.15) is 50.4 Å². The number of aryl methyl sites for hydroxylation is 1. The topological polar surface area (TPSA) is 59.4 Å². The number of fused-ring (bicyclic) bond motifs is 1. The van der Waals surface area contributed by atoms with E-state index in [0.29, 0.717) is 12.5 Å². The summed E-state index contributed by atoms with van der Waals surface area (Å²) < 4.78 is 7.75. The number of nitrogens with zero attached hydrogens (tertiary/aromatic N) is 3. The van der Waals surface area contributed by atoms with E-state index in [2.05, 4.69) is 27.8 Å². The van der Waals surface area contributed by atoms with Crippen LogP contribution in [0.3, 0.4) is 0 Å². The number of rotatable bonds is 5. The number of hydrogen-bond donors (Lipinski definition) is 1. The van der Waals surface area contributed by atoms with E-state index in [0.717, 1.165) is 49.9 Å². The molecule has 6 heteroatoms. The number of benzene rings is 1. The SMILES string of the molecule is Cc1nc2cc(NC(=O)CCN3CCOCC3)ccc2n1C1CCCCC1. The molecule has 4 rings (SSSR count). The van der Waals surface area contributed by atoms with Crippen LogP contribution >= 0.6 is 0 Å². The molecule has 2 fully saturated rings. The summed E-state index contributed by atoms with van der Waals surface area (Å²) in [7, 11) is 0. The molecule has 0 radical (unpaired) electrons. The lowest BCUT2D eigenvalue weighted by Crippen LogP contribution is -2.38. The fourth-order valence-electron chi connectivity index (χ4n) is 4.41. The molecule has 1 amide bonds. The van der Waals surface area contributed by atoms with Gasteiger partial charge in [-0.2, -0.15) is 0 Å². The van der Waals surface area contributed by atoms with Gasteiger partial charge in [-0.25, -0.2) is 4.98 Å². The molecule has 1 aliphatic heterocycles. The molecular formula is C21H30N4O2. The number of aromatic nitrogens is 2. The van der Waals surface area contributed by atoms with Gasteiger partial charge in [0.25, 0.3) is 0 Å². The van der Waals surface area contributed by atoms with Crippen LogP contribution < -0.4 is 5.32 Å². The summed E-state index contributed by atoms with van der Waals surface area (Å²) in [6, 6.07) is 6.70. The first-order chi connectivity index (χ1) is 13.2. The summed E-state index contributed by atoms with van der Waals surface area (Å²) in [5.74, 6) is 1.14. The third-order valence-electron chi connectivity index (χ3n) is 5.85. The smallest absolute Gasteiger partial charge is 0.225 e. The zero-order valence-electron chi connectivity index (χ0n) is 16.2. The van der Waals surface area contributed by atoms with Gasteiger partial charge in [0, 0.05) is 37.8 Å². The molecule has 146 valence electrons. The van der Waals surface area contributed by atoms with Crippen LogP contribution in [-0.4, -0.2) is 53.2 Å². The Morgan fingerprint density at radius 2 is 2.00 bits per heavy atom. The Morgan fingerprint density at radius 3 is 2.78 bits per heavy atom. The number of ether oxygens (including phenoxy) is 1. The first-order valence-corrected chi connectivity index (χ1v) is 10.3. The molecule has 1 aliphatic carbocycles. The largest absolute Gasteiger partial charge is 0.379 e. The molecule has 27 heavy (non-hydrogen) atoms. The molecule has 0 unspecified atom stereocenters. The van der Waals surface area contributed by atoms with Gasteiger partial charge in [0.2, 0.25) is 5.91 Å². The van der Waals surface area contributed by atoms with E-state index in [1.807, 2.05) is 12.1 Å². The van der Waals surface area contributed by atoms with Crippen molar-refractivity contribution in [1.29, 1.82) is 0 Å². The summed E-state index contributed by atoms with van der Waals surface area (Å²) in [5.41, 5.74) is 3.00. The van der Waals surface area contributed by atoms with Crippen molar-refractivity contribution in [2.75, 3.05) is 38.2 Å². The quantitative estimate of drug-likeness (QED) is 0.875. The standard InChI is InChI=1S/C21H30N4O2/c1-16-22-19-15-17(23-21(26)9-10-24-11-13-27-14-12-24)7-8-20(19)25(16)18-5-3-2-4-6-18/h7-8,15,18H,2-6,9-14H2,1H3,(H,23,26). The second-order valence-corrected chi connectivity index (χ2v) is 7.78. The minimum absolute atomic E-state index is 0.0595. The zero-order chi connectivity index (χ0) is 18.6. The van der Waals surface area contributed by atoms with E-state index >= 15 is 0 Å². The molecule has 2 heterocycles. The van der Waals surface area contributed by atoms with Crippen LogP contribution in [0.15, 0.2) is 18.2 Å². The molecular weight excluding hydrogens is 340 g/mol. The average molecular weight is 370 g/mol. The number of morpholine rings is 1. The first kappa shape index (κ1) is 18.4. The summed E-state index contributed by atoms with van der Waals surface area (Å²) >= 11 is 0. The van der Waals surface area contributed by atoms with E-state index in [4.69, 9.17) is 9.72 Å². The monoisotopic (exact) mass is 370 g/mol.